The molecule has 0 bridgehead atoms. The number of hydrogen-bond acceptors (Lipinski definition) is 4. The molecule has 1 atom stereocenters. The number of rotatable bonds is 6. The molecular formula is C20H19N3O3. The van der Waals surface area contributed by atoms with E-state index in [1.807, 2.05) is 18.2 Å². The van der Waals surface area contributed by atoms with Gasteiger partial charge in [-0.3, -0.25) is 4.79 Å². The van der Waals surface area contributed by atoms with E-state index < -0.39 is 17.5 Å². The van der Waals surface area contributed by atoms with E-state index in [-0.39, 0.29) is 0 Å². The van der Waals surface area contributed by atoms with Crippen molar-refractivity contribution in [1.29, 1.82) is 0 Å². The topological polar surface area (TPSA) is 71.0 Å². The lowest BCUT2D eigenvalue weighted by Gasteiger charge is -2.20. The molecule has 1 N–H and O–H groups in total. The molecule has 1 heterocycles. The van der Waals surface area contributed by atoms with Crippen molar-refractivity contribution in [3.8, 4) is 5.75 Å². The van der Waals surface area contributed by atoms with Crippen LogP contribution in [0.2, 0.25) is 0 Å². The highest BCUT2D eigenvalue weighted by atomic mass is 16.5. The highest BCUT2D eigenvalue weighted by Gasteiger charge is 2.49. The minimum absolute atomic E-state index is 0.392. The van der Waals surface area contributed by atoms with Gasteiger partial charge in [-0.25, -0.2) is 4.79 Å². The number of ether oxygens (including phenoxy) is 1. The maximum atomic E-state index is 12.8. The molecule has 1 aliphatic rings. The number of amides is 3. The molecule has 0 saturated carbocycles. The second kappa shape index (κ2) is 7.23. The first-order valence-electron chi connectivity index (χ1n) is 8.14. The largest absolute Gasteiger partial charge is 0.490 e. The maximum absolute atomic E-state index is 12.8. The fourth-order valence-corrected chi connectivity index (χ4v) is 2.66. The molecule has 2 aromatic carbocycles. The summed E-state index contributed by atoms with van der Waals surface area (Å²) in [6.07, 6.45) is 3.10. The average Bonchev–Trinajstić information content (AvgIpc) is 2.89. The first kappa shape index (κ1) is 17.4. The molecule has 3 amide bonds. The van der Waals surface area contributed by atoms with Crippen molar-refractivity contribution in [1.82, 2.24) is 10.3 Å². The molecule has 26 heavy (non-hydrogen) atoms. The number of imide groups is 1. The van der Waals surface area contributed by atoms with E-state index in [1.54, 1.807) is 49.4 Å². The van der Waals surface area contributed by atoms with E-state index >= 15 is 0 Å². The zero-order valence-electron chi connectivity index (χ0n) is 14.4. The normalized spacial score (nSPS) is 19.7. The summed E-state index contributed by atoms with van der Waals surface area (Å²) in [4.78, 5) is 25.0. The van der Waals surface area contributed by atoms with Crippen LogP contribution in [-0.2, 0) is 10.3 Å². The van der Waals surface area contributed by atoms with E-state index in [0.29, 0.717) is 23.5 Å². The van der Waals surface area contributed by atoms with Gasteiger partial charge >= 0.3 is 6.03 Å². The third-order valence-electron chi connectivity index (χ3n) is 4.07. The molecule has 0 radical (unpaired) electrons. The minimum atomic E-state index is -1.13. The predicted molar refractivity (Wildman–Crippen MR) is 98.9 cm³/mol. The zero-order chi connectivity index (χ0) is 18.6. The van der Waals surface area contributed by atoms with Crippen LogP contribution in [0.4, 0.5) is 4.79 Å². The first-order chi connectivity index (χ1) is 12.5. The van der Waals surface area contributed by atoms with Crippen LogP contribution in [0.1, 0.15) is 18.1 Å². The Morgan fingerprint density at radius 2 is 1.96 bits per heavy atom. The number of hydrazone groups is 1. The molecule has 1 saturated heterocycles. The summed E-state index contributed by atoms with van der Waals surface area (Å²) in [6.45, 7) is 5.66. The van der Waals surface area contributed by atoms with Crippen LogP contribution in [0.25, 0.3) is 0 Å². The number of carbonyl (C=O) groups excluding carboxylic acids is 2. The van der Waals surface area contributed by atoms with Gasteiger partial charge in [-0.15, -0.1) is 5.01 Å². The molecule has 0 unspecified atom stereocenters. The lowest BCUT2D eigenvalue weighted by atomic mass is 9.92. The number of nitrogens with zero attached hydrogens (tertiary/aromatic N) is 2. The van der Waals surface area contributed by atoms with Crippen molar-refractivity contribution >= 4 is 18.2 Å². The fourth-order valence-electron chi connectivity index (χ4n) is 2.66. The Hall–Kier alpha value is -3.41. The zero-order valence-corrected chi connectivity index (χ0v) is 14.4. The van der Waals surface area contributed by atoms with Crippen LogP contribution in [0.3, 0.4) is 0 Å². The third-order valence-corrected chi connectivity index (χ3v) is 4.07. The number of carbonyl (C=O) groups is 2. The molecule has 132 valence electrons. The Morgan fingerprint density at radius 1 is 1.19 bits per heavy atom. The van der Waals surface area contributed by atoms with Crippen molar-refractivity contribution < 1.29 is 14.3 Å². The van der Waals surface area contributed by atoms with Gasteiger partial charge in [0, 0.05) is 0 Å². The van der Waals surface area contributed by atoms with E-state index in [9.17, 15) is 9.59 Å². The SMILES string of the molecule is C=CCOc1cccc(/C=N\N2C(=O)N[C@](C)(c3ccccc3)C2=O)c1. The average molecular weight is 349 g/mol. The molecule has 2 aromatic rings. The van der Waals surface area contributed by atoms with Gasteiger partial charge in [-0.2, -0.15) is 5.10 Å². The first-order valence-corrected chi connectivity index (χ1v) is 8.14. The molecule has 1 aliphatic heterocycles. The summed E-state index contributed by atoms with van der Waals surface area (Å²) in [6, 6.07) is 15.7. The van der Waals surface area contributed by atoms with E-state index in [4.69, 9.17) is 4.74 Å². The van der Waals surface area contributed by atoms with Crippen molar-refractivity contribution in [3.63, 3.8) is 0 Å². The quantitative estimate of drug-likeness (QED) is 0.495. The predicted octanol–water partition coefficient (Wildman–Crippen LogP) is 3.05. The monoisotopic (exact) mass is 349 g/mol. The molecule has 0 aliphatic carbocycles. The van der Waals surface area contributed by atoms with Gasteiger partial charge in [-0.05, 0) is 30.2 Å². The van der Waals surface area contributed by atoms with Gasteiger partial charge < -0.3 is 10.1 Å². The molecule has 0 spiro atoms. The Balaban J connectivity index is 1.80. The minimum Gasteiger partial charge on any atom is -0.490 e. The Bertz CT molecular complexity index is 864. The highest BCUT2D eigenvalue weighted by molar-refractivity contribution is 6.07. The maximum Gasteiger partial charge on any atom is 0.346 e. The van der Waals surface area contributed by atoms with Crippen molar-refractivity contribution in [2.24, 2.45) is 5.10 Å². The van der Waals surface area contributed by atoms with E-state index in [0.717, 1.165) is 5.01 Å². The van der Waals surface area contributed by atoms with Crippen molar-refractivity contribution in [2.45, 2.75) is 12.5 Å². The highest BCUT2D eigenvalue weighted by Crippen LogP contribution is 2.28. The summed E-state index contributed by atoms with van der Waals surface area (Å²) in [7, 11) is 0. The number of benzene rings is 2. The lowest BCUT2D eigenvalue weighted by Crippen LogP contribution is -2.40. The van der Waals surface area contributed by atoms with Crippen molar-refractivity contribution in [2.75, 3.05) is 6.61 Å². The molecule has 3 rings (SSSR count). The van der Waals surface area contributed by atoms with Crippen LogP contribution in [-0.4, -0.2) is 29.8 Å². The summed E-state index contributed by atoms with van der Waals surface area (Å²) in [5.41, 5.74) is 0.279. The third kappa shape index (κ3) is 3.35. The number of urea groups is 1. The van der Waals surface area contributed by atoms with Gasteiger partial charge in [-0.1, -0.05) is 55.1 Å². The number of nitrogens with one attached hydrogen (secondary N) is 1. The molecule has 6 nitrogen and oxygen atoms in total. The van der Waals surface area contributed by atoms with E-state index in [2.05, 4.69) is 17.0 Å². The summed E-state index contributed by atoms with van der Waals surface area (Å²) in [5.74, 6) is 0.226. The molecule has 6 heteroatoms. The van der Waals surface area contributed by atoms with Crippen LogP contribution < -0.4 is 10.1 Å². The summed E-state index contributed by atoms with van der Waals surface area (Å²) in [5, 5.41) is 7.63. The summed E-state index contributed by atoms with van der Waals surface area (Å²) < 4.78 is 5.46. The number of hydrogen-bond donors (Lipinski definition) is 1. The van der Waals surface area contributed by atoms with Gasteiger partial charge in [0.25, 0.3) is 5.91 Å². The standard InChI is InChI=1S/C20H19N3O3/c1-3-12-26-17-11-7-8-15(13-17)14-21-23-18(24)20(2,22-19(23)25)16-9-5-4-6-10-16/h3-11,13-14H,1,12H2,2H3,(H,22,25)/b21-14-/t20-/m1/s1. The fraction of sp³-hybridized carbons (Fsp3) is 0.150. The second-order valence-corrected chi connectivity index (χ2v) is 5.95. The van der Waals surface area contributed by atoms with Crippen molar-refractivity contribution in [3.05, 3.63) is 78.4 Å². The van der Waals surface area contributed by atoms with Gasteiger partial charge in [0.05, 0.1) is 6.21 Å². The second-order valence-electron chi connectivity index (χ2n) is 5.95. The Morgan fingerprint density at radius 3 is 2.69 bits per heavy atom. The Labute approximate surface area is 151 Å². The van der Waals surface area contributed by atoms with Crippen LogP contribution in [0.15, 0.2) is 72.4 Å². The van der Waals surface area contributed by atoms with E-state index in [1.165, 1.54) is 6.21 Å². The molecular weight excluding hydrogens is 330 g/mol. The van der Waals surface area contributed by atoms with Gasteiger partial charge in [0.15, 0.2) is 0 Å². The van der Waals surface area contributed by atoms with Crippen LogP contribution in [0.5, 0.6) is 5.75 Å². The van der Waals surface area contributed by atoms with Crippen LogP contribution >= 0.6 is 0 Å². The van der Waals surface area contributed by atoms with Gasteiger partial charge in [0.2, 0.25) is 0 Å². The smallest absolute Gasteiger partial charge is 0.346 e. The Kier molecular flexibility index (Phi) is 4.84. The van der Waals surface area contributed by atoms with Crippen LogP contribution in [0, 0.1) is 0 Å². The lowest BCUT2D eigenvalue weighted by molar-refractivity contribution is -0.131. The summed E-state index contributed by atoms with van der Waals surface area (Å²) >= 11 is 0. The van der Waals surface area contributed by atoms with Gasteiger partial charge in [0.1, 0.15) is 17.9 Å². The molecule has 0 aromatic heterocycles. The molecule has 1 fully saturated rings.